The molecule has 0 fully saturated rings. The van der Waals surface area contributed by atoms with E-state index in [2.05, 4.69) is 6.92 Å². The van der Waals surface area contributed by atoms with E-state index in [-0.39, 0.29) is 24.8 Å². The highest BCUT2D eigenvalue weighted by Gasteiger charge is 2.08. The highest BCUT2D eigenvalue weighted by Crippen LogP contribution is 2.09. The summed E-state index contributed by atoms with van der Waals surface area (Å²) >= 11 is 0. The van der Waals surface area contributed by atoms with Crippen LogP contribution in [-0.2, 0) is 19.1 Å². The van der Waals surface area contributed by atoms with Gasteiger partial charge in [-0.3, -0.25) is 9.59 Å². The first-order chi connectivity index (χ1) is 11.2. The summed E-state index contributed by atoms with van der Waals surface area (Å²) in [6, 6.07) is 0. The first-order valence-corrected chi connectivity index (χ1v) is 9.52. The van der Waals surface area contributed by atoms with E-state index in [1.807, 2.05) is 6.92 Å². The Balaban J connectivity index is 3.28. The lowest BCUT2D eigenvalue weighted by Gasteiger charge is -2.06. The maximum atomic E-state index is 11.5. The third-order valence-electron chi connectivity index (χ3n) is 3.81. The van der Waals surface area contributed by atoms with Crippen LogP contribution in [0.4, 0.5) is 0 Å². The number of ether oxygens (including phenoxy) is 2. The molecule has 4 nitrogen and oxygen atoms in total. The van der Waals surface area contributed by atoms with Gasteiger partial charge in [0.2, 0.25) is 0 Å². The van der Waals surface area contributed by atoms with Crippen molar-refractivity contribution in [1.82, 2.24) is 0 Å². The third-order valence-corrected chi connectivity index (χ3v) is 3.81. The van der Waals surface area contributed by atoms with Crippen LogP contribution in [0.5, 0.6) is 0 Å². The summed E-state index contributed by atoms with van der Waals surface area (Å²) < 4.78 is 10.1. The molecular weight excluding hydrogens is 292 g/mol. The molecule has 0 saturated carbocycles. The molecule has 0 aliphatic carbocycles. The maximum Gasteiger partial charge on any atom is 0.306 e. The molecule has 136 valence electrons. The van der Waals surface area contributed by atoms with Gasteiger partial charge in [0.15, 0.2) is 0 Å². The summed E-state index contributed by atoms with van der Waals surface area (Å²) in [5.41, 5.74) is 0. The molecule has 0 radical (unpaired) electrons. The zero-order valence-electron chi connectivity index (χ0n) is 15.2. The lowest BCUT2D eigenvalue weighted by atomic mass is 10.1. The number of rotatable bonds is 16. The van der Waals surface area contributed by atoms with Gasteiger partial charge < -0.3 is 9.47 Å². The minimum Gasteiger partial charge on any atom is -0.466 e. The van der Waals surface area contributed by atoms with Crippen LogP contribution in [0.25, 0.3) is 0 Å². The molecule has 0 aliphatic rings. The quantitative estimate of drug-likeness (QED) is 0.289. The van der Waals surface area contributed by atoms with Crippen molar-refractivity contribution in [2.45, 2.75) is 97.3 Å². The molecule has 0 aromatic rings. The van der Waals surface area contributed by atoms with E-state index in [1.165, 1.54) is 44.9 Å². The second-order valence-corrected chi connectivity index (χ2v) is 6.12. The van der Waals surface area contributed by atoms with Gasteiger partial charge >= 0.3 is 11.9 Å². The second kappa shape index (κ2) is 17.3. The van der Waals surface area contributed by atoms with Crippen molar-refractivity contribution in [2.24, 2.45) is 0 Å². The van der Waals surface area contributed by atoms with Crippen molar-refractivity contribution in [3.05, 3.63) is 0 Å². The van der Waals surface area contributed by atoms with E-state index in [4.69, 9.17) is 9.47 Å². The summed E-state index contributed by atoms with van der Waals surface area (Å²) in [5, 5.41) is 0. The van der Waals surface area contributed by atoms with Gasteiger partial charge in [-0.15, -0.1) is 0 Å². The average molecular weight is 328 g/mol. The van der Waals surface area contributed by atoms with Gasteiger partial charge in [-0.05, 0) is 12.8 Å². The van der Waals surface area contributed by atoms with Gasteiger partial charge in [-0.1, -0.05) is 71.6 Å². The number of unbranched alkanes of at least 4 members (excludes halogenated alkanes) is 9. The van der Waals surface area contributed by atoms with Crippen molar-refractivity contribution >= 4 is 11.9 Å². The largest absolute Gasteiger partial charge is 0.466 e. The average Bonchev–Trinajstić information content (AvgIpc) is 2.55. The molecule has 23 heavy (non-hydrogen) atoms. The molecule has 0 heterocycles. The van der Waals surface area contributed by atoms with Crippen LogP contribution in [0.2, 0.25) is 0 Å². The minimum absolute atomic E-state index is 0.125. The van der Waals surface area contributed by atoms with Crippen LogP contribution >= 0.6 is 0 Å². The zero-order valence-corrected chi connectivity index (χ0v) is 15.2. The van der Waals surface area contributed by atoms with Crippen molar-refractivity contribution in [3.8, 4) is 0 Å². The van der Waals surface area contributed by atoms with Crippen LogP contribution in [0.1, 0.15) is 97.3 Å². The van der Waals surface area contributed by atoms with Crippen molar-refractivity contribution in [3.63, 3.8) is 0 Å². The minimum atomic E-state index is -0.307. The van der Waals surface area contributed by atoms with Gasteiger partial charge in [-0.25, -0.2) is 0 Å². The highest BCUT2D eigenvalue weighted by atomic mass is 16.5. The molecule has 0 unspecified atom stereocenters. The highest BCUT2D eigenvalue weighted by molar-refractivity contribution is 5.77. The predicted octanol–water partition coefficient (Wildman–Crippen LogP) is 5.18. The van der Waals surface area contributed by atoms with Gasteiger partial charge in [0.25, 0.3) is 0 Å². The fourth-order valence-corrected chi connectivity index (χ4v) is 2.28. The monoisotopic (exact) mass is 328 g/mol. The Morgan fingerprint density at radius 1 is 0.565 bits per heavy atom. The Kier molecular flexibility index (Phi) is 16.5. The Labute approximate surface area is 142 Å². The fourth-order valence-electron chi connectivity index (χ4n) is 2.28. The number of carbonyl (C=O) groups is 2. The Bertz CT molecular complexity index is 289. The summed E-state index contributed by atoms with van der Waals surface area (Å²) in [6.07, 6.45) is 13.3. The van der Waals surface area contributed by atoms with E-state index in [9.17, 15) is 9.59 Å². The SMILES string of the molecule is CCCCCCCCCCCOC(=O)CCC(=O)OCCCC. The van der Waals surface area contributed by atoms with E-state index >= 15 is 0 Å². The lowest BCUT2D eigenvalue weighted by Crippen LogP contribution is -2.11. The van der Waals surface area contributed by atoms with Crippen LogP contribution < -0.4 is 0 Å². The Morgan fingerprint density at radius 3 is 1.43 bits per heavy atom. The van der Waals surface area contributed by atoms with E-state index in [0.717, 1.165) is 25.7 Å². The lowest BCUT2D eigenvalue weighted by molar-refractivity contribution is -0.150. The molecule has 0 aromatic carbocycles. The van der Waals surface area contributed by atoms with Gasteiger partial charge in [0.1, 0.15) is 0 Å². The van der Waals surface area contributed by atoms with Crippen molar-refractivity contribution in [1.29, 1.82) is 0 Å². The molecule has 0 spiro atoms. The molecule has 0 aliphatic heterocycles. The summed E-state index contributed by atoms with van der Waals surface area (Å²) in [4.78, 5) is 22.8. The second-order valence-electron chi connectivity index (χ2n) is 6.12. The molecule has 0 saturated heterocycles. The molecule has 0 amide bonds. The summed E-state index contributed by atoms with van der Waals surface area (Å²) in [5.74, 6) is -0.601. The fraction of sp³-hybridized carbons (Fsp3) is 0.895. The number of hydrogen-bond acceptors (Lipinski definition) is 4. The summed E-state index contributed by atoms with van der Waals surface area (Å²) in [6.45, 7) is 5.19. The molecule has 0 aromatic heterocycles. The van der Waals surface area contributed by atoms with Crippen LogP contribution in [-0.4, -0.2) is 25.2 Å². The number of esters is 2. The normalized spacial score (nSPS) is 10.5. The topological polar surface area (TPSA) is 52.6 Å². The van der Waals surface area contributed by atoms with Gasteiger partial charge in [-0.2, -0.15) is 0 Å². The van der Waals surface area contributed by atoms with Gasteiger partial charge in [0, 0.05) is 0 Å². The molecule has 4 heteroatoms. The maximum absolute atomic E-state index is 11.5. The predicted molar refractivity (Wildman–Crippen MR) is 93.3 cm³/mol. The van der Waals surface area contributed by atoms with Crippen LogP contribution in [0, 0.1) is 0 Å². The van der Waals surface area contributed by atoms with E-state index in [0.29, 0.717) is 13.2 Å². The molecule has 0 rings (SSSR count). The zero-order chi connectivity index (χ0) is 17.2. The number of carbonyl (C=O) groups excluding carboxylic acids is 2. The molecule has 0 bridgehead atoms. The third kappa shape index (κ3) is 17.1. The van der Waals surface area contributed by atoms with Crippen LogP contribution in [0.15, 0.2) is 0 Å². The van der Waals surface area contributed by atoms with E-state index in [1.54, 1.807) is 0 Å². The van der Waals surface area contributed by atoms with Crippen molar-refractivity contribution < 1.29 is 19.1 Å². The molecule has 0 N–H and O–H groups in total. The molecule has 0 atom stereocenters. The van der Waals surface area contributed by atoms with E-state index < -0.39 is 0 Å². The number of hydrogen-bond donors (Lipinski definition) is 0. The first-order valence-electron chi connectivity index (χ1n) is 9.52. The van der Waals surface area contributed by atoms with Gasteiger partial charge in [0.05, 0.1) is 26.1 Å². The van der Waals surface area contributed by atoms with Crippen LogP contribution in [0.3, 0.4) is 0 Å². The Morgan fingerprint density at radius 2 is 0.957 bits per heavy atom. The smallest absolute Gasteiger partial charge is 0.306 e. The van der Waals surface area contributed by atoms with Crippen molar-refractivity contribution in [2.75, 3.05) is 13.2 Å². The summed E-state index contributed by atoms with van der Waals surface area (Å²) in [7, 11) is 0. The first kappa shape index (κ1) is 21.9. The standard InChI is InChI=1S/C19H36O4/c1-3-5-7-8-9-10-11-12-13-17-23-19(21)15-14-18(20)22-16-6-4-2/h3-17H2,1-2H3. The Hall–Kier alpha value is -1.06. The molecular formula is C19H36O4.